The zero-order valence-electron chi connectivity index (χ0n) is 6.62. The molecular weight excluding hydrogens is 140 g/mol. The molecule has 2 fully saturated rings. The molecule has 0 amide bonds. The van der Waals surface area contributed by atoms with Crippen molar-refractivity contribution in [3.63, 3.8) is 0 Å². The van der Waals surface area contributed by atoms with E-state index in [9.17, 15) is 4.79 Å². The smallest absolute Gasteiger partial charge is 0.306 e. The summed E-state index contributed by atoms with van der Waals surface area (Å²) in [5.41, 5.74) is 0. The summed E-state index contributed by atoms with van der Waals surface area (Å²) in [6, 6.07) is 0. The summed E-state index contributed by atoms with van der Waals surface area (Å²) in [6.45, 7) is 0. The first-order valence-electron chi connectivity index (χ1n) is 4.52. The highest BCUT2D eigenvalue weighted by atomic mass is 16.4. The van der Waals surface area contributed by atoms with Crippen LogP contribution in [0.25, 0.3) is 0 Å². The lowest BCUT2D eigenvalue weighted by Crippen LogP contribution is -2.15. The third-order valence-corrected chi connectivity index (χ3v) is 3.15. The van der Waals surface area contributed by atoms with Crippen molar-refractivity contribution < 1.29 is 9.90 Å². The van der Waals surface area contributed by atoms with Crippen molar-refractivity contribution in [2.24, 2.45) is 17.8 Å². The van der Waals surface area contributed by atoms with Gasteiger partial charge >= 0.3 is 5.97 Å². The van der Waals surface area contributed by atoms with E-state index in [1.807, 2.05) is 0 Å². The Bertz CT molecular complexity index is 176. The minimum atomic E-state index is -0.556. The van der Waals surface area contributed by atoms with Gasteiger partial charge in [-0.15, -0.1) is 0 Å². The molecule has 0 heterocycles. The summed E-state index contributed by atoms with van der Waals surface area (Å²) in [6.07, 6.45) is 5.79. The Labute approximate surface area is 66.6 Å². The van der Waals surface area contributed by atoms with Crippen LogP contribution in [-0.2, 0) is 4.79 Å². The Morgan fingerprint density at radius 1 is 1.27 bits per heavy atom. The van der Waals surface area contributed by atoms with E-state index >= 15 is 0 Å². The standard InChI is InChI=1S/C9H14O2/c10-9(11)7-4-2-1-3-6-5-8(6)7/h6-8H,1-5H2,(H,10,11). The van der Waals surface area contributed by atoms with Gasteiger partial charge in [-0.05, 0) is 24.7 Å². The van der Waals surface area contributed by atoms with E-state index in [4.69, 9.17) is 5.11 Å². The largest absolute Gasteiger partial charge is 0.481 e. The van der Waals surface area contributed by atoms with Crippen LogP contribution in [0.2, 0.25) is 0 Å². The number of rotatable bonds is 1. The van der Waals surface area contributed by atoms with Crippen LogP contribution in [0.5, 0.6) is 0 Å². The molecule has 0 spiro atoms. The van der Waals surface area contributed by atoms with Gasteiger partial charge in [0.15, 0.2) is 0 Å². The lowest BCUT2D eigenvalue weighted by molar-refractivity contribution is -0.142. The molecule has 62 valence electrons. The van der Waals surface area contributed by atoms with E-state index in [1.54, 1.807) is 0 Å². The summed E-state index contributed by atoms with van der Waals surface area (Å²) in [5, 5.41) is 8.86. The number of hydrogen-bond acceptors (Lipinski definition) is 1. The molecule has 0 radical (unpaired) electrons. The number of fused-ring (bicyclic) bond motifs is 1. The van der Waals surface area contributed by atoms with Crippen LogP contribution in [0.15, 0.2) is 0 Å². The Hall–Kier alpha value is -0.530. The van der Waals surface area contributed by atoms with E-state index in [0.717, 1.165) is 18.8 Å². The summed E-state index contributed by atoms with van der Waals surface area (Å²) >= 11 is 0. The lowest BCUT2D eigenvalue weighted by Gasteiger charge is -2.07. The monoisotopic (exact) mass is 154 g/mol. The molecule has 2 aliphatic carbocycles. The molecule has 2 nitrogen and oxygen atoms in total. The normalized spacial score (nSPS) is 42.4. The highest BCUT2D eigenvalue weighted by molar-refractivity contribution is 5.71. The predicted octanol–water partition coefficient (Wildman–Crippen LogP) is 1.90. The van der Waals surface area contributed by atoms with Crippen LogP contribution in [0.1, 0.15) is 32.1 Å². The van der Waals surface area contributed by atoms with Gasteiger partial charge in [0, 0.05) is 0 Å². The fourth-order valence-electron chi connectivity index (χ4n) is 2.39. The lowest BCUT2D eigenvalue weighted by atomic mass is 9.99. The van der Waals surface area contributed by atoms with Gasteiger partial charge in [0.05, 0.1) is 5.92 Å². The molecule has 0 aromatic rings. The molecule has 0 bridgehead atoms. The Morgan fingerprint density at radius 2 is 2.00 bits per heavy atom. The molecule has 0 aromatic heterocycles. The third-order valence-electron chi connectivity index (χ3n) is 3.15. The van der Waals surface area contributed by atoms with Gasteiger partial charge < -0.3 is 5.11 Å². The van der Waals surface area contributed by atoms with E-state index in [-0.39, 0.29) is 5.92 Å². The number of aliphatic carboxylic acids is 1. The molecule has 0 aliphatic heterocycles. The molecule has 3 unspecified atom stereocenters. The maximum atomic E-state index is 10.7. The van der Waals surface area contributed by atoms with Gasteiger partial charge in [-0.3, -0.25) is 4.79 Å². The second-order valence-corrected chi connectivity index (χ2v) is 3.89. The van der Waals surface area contributed by atoms with Gasteiger partial charge in [-0.25, -0.2) is 0 Å². The van der Waals surface area contributed by atoms with Crippen molar-refractivity contribution in [3.8, 4) is 0 Å². The average Bonchev–Trinajstić information content (AvgIpc) is 2.60. The van der Waals surface area contributed by atoms with E-state index in [1.165, 1.54) is 19.3 Å². The topological polar surface area (TPSA) is 37.3 Å². The van der Waals surface area contributed by atoms with Gasteiger partial charge in [-0.1, -0.05) is 19.3 Å². The number of carboxylic acids is 1. The molecule has 3 atom stereocenters. The second-order valence-electron chi connectivity index (χ2n) is 3.89. The molecule has 2 heteroatoms. The van der Waals surface area contributed by atoms with Crippen LogP contribution in [0.4, 0.5) is 0 Å². The summed E-state index contributed by atoms with van der Waals surface area (Å²) in [7, 11) is 0. The zero-order chi connectivity index (χ0) is 7.84. The van der Waals surface area contributed by atoms with E-state index in [0.29, 0.717) is 5.92 Å². The fourth-order valence-corrected chi connectivity index (χ4v) is 2.39. The molecular formula is C9H14O2. The Kier molecular flexibility index (Phi) is 1.63. The second kappa shape index (κ2) is 2.50. The average molecular weight is 154 g/mol. The van der Waals surface area contributed by atoms with E-state index < -0.39 is 5.97 Å². The van der Waals surface area contributed by atoms with Crippen molar-refractivity contribution in [2.75, 3.05) is 0 Å². The van der Waals surface area contributed by atoms with E-state index in [2.05, 4.69) is 0 Å². The Morgan fingerprint density at radius 3 is 2.73 bits per heavy atom. The summed E-state index contributed by atoms with van der Waals surface area (Å²) in [5.74, 6) is 0.774. The fraction of sp³-hybridized carbons (Fsp3) is 0.889. The third kappa shape index (κ3) is 1.26. The molecule has 2 saturated carbocycles. The highest BCUT2D eigenvalue weighted by Crippen LogP contribution is 2.51. The van der Waals surface area contributed by atoms with Crippen molar-refractivity contribution in [2.45, 2.75) is 32.1 Å². The maximum Gasteiger partial charge on any atom is 0.306 e. The Balaban J connectivity index is 2.02. The molecule has 0 saturated heterocycles. The number of hydrogen-bond donors (Lipinski definition) is 1. The number of carboxylic acid groups (broad SMARTS) is 1. The van der Waals surface area contributed by atoms with Crippen LogP contribution in [0.3, 0.4) is 0 Å². The first-order chi connectivity index (χ1) is 5.29. The maximum absolute atomic E-state index is 10.7. The van der Waals surface area contributed by atoms with Crippen LogP contribution >= 0.6 is 0 Å². The number of carbonyl (C=O) groups is 1. The molecule has 0 aromatic carbocycles. The van der Waals surface area contributed by atoms with Crippen molar-refractivity contribution in [1.29, 1.82) is 0 Å². The first-order valence-corrected chi connectivity index (χ1v) is 4.52. The molecule has 1 N–H and O–H groups in total. The van der Waals surface area contributed by atoms with Crippen LogP contribution < -0.4 is 0 Å². The van der Waals surface area contributed by atoms with Gasteiger partial charge in [0.25, 0.3) is 0 Å². The van der Waals surface area contributed by atoms with Gasteiger partial charge in [0.2, 0.25) is 0 Å². The summed E-state index contributed by atoms with van der Waals surface area (Å²) < 4.78 is 0. The predicted molar refractivity (Wildman–Crippen MR) is 41.2 cm³/mol. The minimum absolute atomic E-state index is 0.00231. The highest BCUT2D eigenvalue weighted by Gasteiger charge is 2.46. The zero-order valence-corrected chi connectivity index (χ0v) is 6.62. The minimum Gasteiger partial charge on any atom is -0.481 e. The first kappa shape index (κ1) is 7.14. The molecule has 2 rings (SSSR count). The van der Waals surface area contributed by atoms with Crippen LogP contribution in [0, 0.1) is 17.8 Å². The van der Waals surface area contributed by atoms with Crippen molar-refractivity contribution in [3.05, 3.63) is 0 Å². The van der Waals surface area contributed by atoms with Gasteiger partial charge in [-0.2, -0.15) is 0 Å². The van der Waals surface area contributed by atoms with Crippen LogP contribution in [-0.4, -0.2) is 11.1 Å². The summed E-state index contributed by atoms with van der Waals surface area (Å²) in [4.78, 5) is 10.7. The quantitative estimate of drug-likeness (QED) is 0.626. The molecule has 2 aliphatic rings. The molecule has 11 heavy (non-hydrogen) atoms. The van der Waals surface area contributed by atoms with Crippen molar-refractivity contribution >= 4 is 5.97 Å². The van der Waals surface area contributed by atoms with Crippen molar-refractivity contribution in [1.82, 2.24) is 0 Å². The SMILES string of the molecule is O=C(O)C1CCCCC2CC21. The van der Waals surface area contributed by atoms with Gasteiger partial charge in [0.1, 0.15) is 0 Å².